The maximum absolute atomic E-state index is 11.3. The summed E-state index contributed by atoms with van der Waals surface area (Å²) in [5.74, 6) is 0.277. The van der Waals surface area contributed by atoms with Crippen molar-refractivity contribution in [2.24, 2.45) is 17.3 Å². The number of ether oxygens (including phenoxy) is 2. The molecule has 1 heterocycles. The molecule has 0 radical (unpaired) electrons. The molecule has 0 aromatic heterocycles. The number of rotatable bonds is 2. The Balaban J connectivity index is 2.06. The summed E-state index contributed by atoms with van der Waals surface area (Å²) in [6.07, 6.45) is -0.180. The minimum Gasteiger partial charge on any atom is -0.435 e. The molecule has 0 N–H and O–H groups in total. The van der Waals surface area contributed by atoms with Crippen molar-refractivity contribution < 1.29 is 14.3 Å². The minimum atomic E-state index is -0.299. The second kappa shape index (κ2) is 2.47. The number of hydrogen-bond acceptors (Lipinski definition) is 3. The van der Waals surface area contributed by atoms with Gasteiger partial charge in [0.2, 0.25) is 6.29 Å². The van der Waals surface area contributed by atoms with Crippen molar-refractivity contribution in [1.29, 1.82) is 0 Å². The van der Waals surface area contributed by atoms with Crippen LogP contribution in [0.4, 0.5) is 0 Å². The Kier molecular flexibility index (Phi) is 1.71. The highest BCUT2D eigenvalue weighted by molar-refractivity contribution is 5.80. The SMILES string of the molecule is CC(C)OC1OC(=O)C2C1C2(C)C. The molecule has 1 aliphatic heterocycles. The van der Waals surface area contributed by atoms with Gasteiger partial charge in [0.25, 0.3) is 0 Å². The molecule has 1 saturated carbocycles. The molecule has 3 unspecified atom stereocenters. The molecular weight excluding hydrogens is 168 g/mol. The predicted molar refractivity (Wildman–Crippen MR) is 46.9 cm³/mol. The second-order valence-corrected chi connectivity index (χ2v) is 4.81. The first kappa shape index (κ1) is 9.00. The maximum Gasteiger partial charge on any atom is 0.312 e. The lowest BCUT2D eigenvalue weighted by molar-refractivity contribution is -0.183. The summed E-state index contributed by atoms with van der Waals surface area (Å²) in [7, 11) is 0. The van der Waals surface area contributed by atoms with E-state index < -0.39 is 0 Å². The molecule has 0 amide bonds. The normalized spacial score (nSPS) is 40.4. The molecule has 3 atom stereocenters. The van der Waals surface area contributed by atoms with Crippen LogP contribution in [0.1, 0.15) is 27.7 Å². The second-order valence-electron chi connectivity index (χ2n) is 4.81. The van der Waals surface area contributed by atoms with E-state index in [1.807, 2.05) is 13.8 Å². The molecule has 0 bridgehead atoms. The largest absolute Gasteiger partial charge is 0.435 e. The summed E-state index contributed by atoms with van der Waals surface area (Å²) in [6.45, 7) is 8.10. The van der Waals surface area contributed by atoms with Gasteiger partial charge in [-0.1, -0.05) is 13.8 Å². The Hall–Kier alpha value is -0.570. The van der Waals surface area contributed by atoms with Crippen LogP contribution in [-0.4, -0.2) is 18.4 Å². The third-order valence-corrected chi connectivity index (χ3v) is 3.10. The lowest BCUT2D eigenvalue weighted by Crippen LogP contribution is -2.25. The minimum absolute atomic E-state index is 0.0799. The van der Waals surface area contributed by atoms with Crippen LogP contribution in [0.5, 0.6) is 0 Å². The third kappa shape index (κ3) is 1.17. The Bertz CT molecular complexity index is 245. The van der Waals surface area contributed by atoms with Gasteiger partial charge in [0, 0.05) is 5.92 Å². The van der Waals surface area contributed by atoms with Gasteiger partial charge in [-0.3, -0.25) is 4.79 Å². The van der Waals surface area contributed by atoms with Crippen LogP contribution >= 0.6 is 0 Å². The van der Waals surface area contributed by atoms with Gasteiger partial charge >= 0.3 is 5.97 Å². The summed E-state index contributed by atoms with van der Waals surface area (Å²) >= 11 is 0. The van der Waals surface area contributed by atoms with Gasteiger partial charge in [0.1, 0.15) is 0 Å². The smallest absolute Gasteiger partial charge is 0.312 e. The van der Waals surface area contributed by atoms with Crippen LogP contribution in [-0.2, 0) is 14.3 Å². The molecule has 3 heteroatoms. The predicted octanol–water partition coefficient (Wildman–Crippen LogP) is 1.57. The van der Waals surface area contributed by atoms with E-state index in [4.69, 9.17) is 9.47 Å². The number of cyclic esters (lactones) is 1. The monoisotopic (exact) mass is 184 g/mol. The average molecular weight is 184 g/mol. The van der Waals surface area contributed by atoms with Crippen LogP contribution in [0, 0.1) is 17.3 Å². The van der Waals surface area contributed by atoms with Crippen LogP contribution < -0.4 is 0 Å². The Labute approximate surface area is 78.4 Å². The molecule has 74 valence electrons. The van der Waals surface area contributed by atoms with Crippen LogP contribution in [0.15, 0.2) is 0 Å². The number of carbonyl (C=O) groups is 1. The molecule has 0 aromatic carbocycles. The third-order valence-electron chi connectivity index (χ3n) is 3.10. The van der Waals surface area contributed by atoms with Crippen molar-refractivity contribution in [3.8, 4) is 0 Å². The Morgan fingerprint density at radius 3 is 2.46 bits per heavy atom. The van der Waals surface area contributed by atoms with Crippen molar-refractivity contribution in [3.05, 3.63) is 0 Å². The number of carbonyl (C=O) groups excluding carboxylic acids is 1. The summed E-state index contributed by atoms with van der Waals surface area (Å²) in [5, 5.41) is 0. The topological polar surface area (TPSA) is 35.5 Å². The number of esters is 1. The highest BCUT2D eigenvalue weighted by Gasteiger charge is 2.71. The first-order chi connectivity index (χ1) is 5.94. The Morgan fingerprint density at radius 2 is 2.08 bits per heavy atom. The molecular formula is C10H16O3. The zero-order valence-electron chi connectivity index (χ0n) is 8.53. The van der Waals surface area contributed by atoms with Gasteiger partial charge in [0.05, 0.1) is 12.0 Å². The van der Waals surface area contributed by atoms with E-state index in [1.165, 1.54) is 0 Å². The standard InChI is InChI=1S/C10H16O3/c1-5(2)12-9-7-6(8(11)13-9)10(7,3)4/h5-7,9H,1-4H3. The average Bonchev–Trinajstić information content (AvgIpc) is 2.31. The fraction of sp³-hybridized carbons (Fsp3) is 0.900. The van der Waals surface area contributed by atoms with Gasteiger partial charge in [-0.05, 0) is 19.3 Å². The van der Waals surface area contributed by atoms with E-state index in [9.17, 15) is 4.79 Å². The van der Waals surface area contributed by atoms with Gasteiger partial charge in [-0.25, -0.2) is 0 Å². The fourth-order valence-corrected chi connectivity index (χ4v) is 2.28. The summed E-state index contributed by atoms with van der Waals surface area (Å²) < 4.78 is 10.6. The van der Waals surface area contributed by atoms with Crippen LogP contribution in [0.2, 0.25) is 0 Å². The first-order valence-corrected chi connectivity index (χ1v) is 4.80. The molecule has 2 aliphatic rings. The van der Waals surface area contributed by atoms with Crippen LogP contribution in [0.3, 0.4) is 0 Å². The number of hydrogen-bond donors (Lipinski definition) is 0. The highest BCUT2D eigenvalue weighted by atomic mass is 16.7. The van der Waals surface area contributed by atoms with Crippen molar-refractivity contribution in [1.82, 2.24) is 0 Å². The van der Waals surface area contributed by atoms with E-state index in [0.717, 1.165) is 0 Å². The fourth-order valence-electron chi connectivity index (χ4n) is 2.28. The summed E-state index contributed by atoms with van der Waals surface area (Å²) in [5.41, 5.74) is 0.0922. The maximum atomic E-state index is 11.3. The molecule has 1 saturated heterocycles. The van der Waals surface area contributed by atoms with Crippen molar-refractivity contribution >= 4 is 5.97 Å². The number of fused-ring (bicyclic) bond motifs is 1. The quantitative estimate of drug-likeness (QED) is 0.611. The summed E-state index contributed by atoms with van der Waals surface area (Å²) in [4.78, 5) is 11.3. The van der Waals surface area contributed by atoms with Gasteiger partial charge in [-0.15, -0.1) is 0 Å². The lowest BCUT2D eigenvalue weighted by Gasteiger charge is -2.20. The van der Waals surface area contributed by atoms with Crippen molar-refractivity contribution in [3.63, 3.8) is 0 Å². The molecule has 0 aromatic rings. The van der Waals surface area contributed by atoms with Crippen molar-refractivity contribution in [2.75, 3.05) is 0 Å². The molecule has 0 spiro atoms. The zero-order valence-corrected chi connectivity index (χ0v) is 8.53. The zero-order chi connectivity index (χ0) is 9.80. The molecule has 2 rings (SSSR count). The summed E-state index contributed by atoms with van der Waals surface area (Å²) in [6, 6.07) is 0. The van der Waals surface area contributed by atoms with Gasteiger partial charge in [0.15, 0.2) is 0 Å². The Morgan fingerprint density at radius 1 is 1.46 bits per heavy atom. The van der Waals surface area contributed by atoms with Crippen molar-refractivity contribution in [2.45, 2.75) is 40.1 Å². The highest BCUT2D eigenvalue weighted by Crippen LogP contribution is 2.64. The first-order valence-electron chi connectivity index (χ1n) is 4.80. The van der Waals surface area contributed by atoms with E-state index in [0.29, 0.717) is 0 Å². The molecule has 1 aliphatic carbocycles. The lowest BCUT2D eigenvalue weighted by atomic mass is 10.1. The van der Waals surface area contributed by atoms with E-state index in [1.54, 1.807) is 0 Å². The molecule has 13 heavy (non-hydrogen) atoms. The van der Waals surface area contributed by atoms with E-state index in [2.05, 4.69) is 13.8 Å². The molecule has 2 fully saturated rings. The van der Waals surface area contributed by atoms with Gasteiger partial charge in [-0.2, -0.15) is 0 Å². The van der Waals surface area contributed by atoms with Crippen LogP contribution in [0.25, 0.3) is 0 Å². The van der Waals surface area contributed by atoms with Gasteiger partial charge < -0.3 is 9.47 Å². The van der Waals surface area contributed by atoms with E-state index in [-0.39, 0.29) is 35.6 Å². The molecule has 3 nitrogen and oxygen atoms in total. The van der Waals surface area contributed by atoms with E-state index >= 15 is 0 Å².